The molecule has 0 aliphatic heterocycles. The Morgan fingerprint density at radius 1 is 1.13 bits per heavy atom. The summed E-state index contributed by atoms with van der Waals surface area (Å²) in [5.41, 5.74) is -0.703. The second-order valence-electron chi connectivity index (χ2n) is 7.55. The minimum atomic E-state index is -1.21. The number of halogens is 1. The fraction of sp³-hybridized carbons (Fsp3) is 0.476. The molecular weight excluding hydrogens is 414 g/mol. The Balaban J connectivity index is 0.000000346. The summed E-state index contributed by atoms with van der Waals surface area (Å²) in [6.45, 7) is 8.68. The Hall–Kier alpha value is -2.74. The van der Waals surface area contributed by atoms with Crippen LogP contribution in [0.4, 0.5) is 0 Å². The highest BCUT2D eigenvalue weighted by atomic mass is 35.5. The van der Waals surface area contributed by atoms with Gasteiger partial charge in [-0.25, -0.2) is 4.79 Å². The second kappa shape index (κ2) is 11.4. The van der Waals surface area contributed by atoms with Gasteiger partial charge in [0.25, 0.3) is 0 Å². The number of hydrogen-bond donors (Lipinski definition) is 1. The van der Waals surface area contributed by atoms with E-state index in [1.165, 1.54) is 0 Å². The van der Waals surface area contributed by atoms with Crippen LogP contribution in [0.15, 0.2) is 38.1 Å². The SMILES string of the molecule is Cc1ccc(CCC(=O)Cl)o1.Cc1ccc(C[C@H](N=C([O-])OC(C)(C)C)C(=O)O)o1. The molecular formula is C21H27ClNO7-. The van der Waals surface area contributed by atoms with Crippen LogP contribution in [-0.4, -0.2) is 34.0 Å². The normalized spacial score (nSPS) is 12.7. The Kier molecular flexibility index (Phi) is 9.65. The number of ether oxygens (including phenoxy) is 1. The molecule has 0 bridgehead atoms. The van der Waals surface area contributed by atoms with Crippen LogP contribution < -0.4 is 5.11 Å². The number of carbonyl (C=O) groups is 2. The lowest BCUT2D eigenvalue weighted by atomic mass is 10.2. The van der Waals surface area contributed by atoms with Gasteiger partial charge in [-0.1, -0.05) is 20.8 Å². The molecule has 2 heterocycles. The van der Waals surface area contributed by atoms with Crippen molar-refractivity contribution in [3.05, 3.63) is 47.3 Å². The maximum absolute atomic E-state index is 11.5. The van der Waals surface area contributed by atoms with Crippen LogP contribution in [-0.2, 0) is 27.2 Å². The summed E-state index contributed by atoms with van der Waals surface area (Å²) in [6.07, 6.45) is 0.0655. The molecule has 166 valence electrons. The van der Waals surface area contributed by atoms with Crippen molar-refractivity contribution >= 4 is 28.9 Å². The van der Waals surface area contributed by atoms with Crippen molar-refractivity contribution in [1.29, 1.82) is 0 Å². The zero-order chi connectivity index (χ0) is 22.9. The third kappa shape index (κ3) is 10.7. The number of carboxylic acids is 1. The number of carbonyl (C=O) groups excluding carboxylic acids is 1. The monoisotopic (exact) mass is 440 g/mol. The minimum Gasteiger partial charge on any atom is -0.595 e. The molecule has 1 atom stereocenters. The lowest BCUT2D eigenvalue weighted by Crippen LogP contribution is -2.34. The van der Waals surface area contributed by atoms with Gasteiger partial charge in [-0.05, 0) is 49.7 Å². The van der Waals surface area contributed by atoms with E-state index in [2.05, 4.69) is 4.99 Å². The van der Waals surface area contributed by atoms with Gasteiger partial charge in [-0.15, -0.1) is 0 Å². The van der Waals surface area contributed by atoms with E-state index in [0.29, 0.717) is 24.4 Å². The quantitative estimate of drug-likeness (QED) is 0.397. The van der Waals surface area contributed by atoms with Crippen LogP contribution in [0.3, 0.4) is 0 Å². The van der Waals surface area contributed by atoms with E-state index in [1.54, 1.807) is 39.8 Å². The first-order chi connectivity index (χ1) is 13.9. The van der Waals surface area contributed by atoms with Gasteiger partial charge in [0, 0.05) is 24.9 Å². The van der Waals surface area contributed by atoms with E-state index in [0.717, 1.165) is 11.5 Å². The summed E-state index contributed by atoms with van der Waals surface area (Å²) in [4.78, 5) is 25.0. The van der Waals surface area contributed by atoms with Crippen LogP contribution in [0.1, 0.15) is 50.2 Å². The summed E-state index contributed by atoms with van der Waals surface area (Å²) in [5.74, 6) is 1.63. The van der Waals surface area contributed by atoms with Crippen molar-refractivity contribution in [2.75, 3.05) is 0 Å². The van der Waals surface area contributed by atoms with Crippen molar-refractivity contribution in [2.45, 2.75) is 65.5 Å². The van der Waals surface area contributed by atoms with Crippen LogP contribution in [0.5, 0.6) is 0 Å². The molecule has 0 saturated carbocycles. The van der Waals surface area contributed by atoms with Crippen molar-refractivity contribution in [2.24, 2.45) is 4.99 Å². The highest BCUT2D eigenvalue weighted by molar-refractivity contribution is 6.63. The molecule has 30 heavy (non-hydrogen) atoms. The highest BCUT2D eigenvalue weighted by Gasteiger charge is 2.19. The Bertz CT molecular complexity index is 861. The molecule has 0 unspecified atom stereocenters. The Labute approximate surface area is 180 Å². The molecule has 0 aromatic carbocycles. The molecule has 0 fully saturated rings. The zero-order valence-corrected chi connectivity index (χ0v) is 18.5. The number of nitrogens with zero attached hydrogens (tertiary/aromatic N) is 1. The third-order valence-electron chi connectivity index (χ3n) is 3.49. The summed E-state index contributed by atoms with van der Waals surface area (Å²) in [6, 6.07) is 5.90. The Morgan fingerprint density at radius 3 is 2.07 bits per heavy atom. The highest BCUT2D eigenvalue weighted by Crippen LogP contribution is 2.12. The van der Waals surface area contributed by atoms with E-state index in [4.69, 9.17) is 30.3 Å². The van der Waals surface area contributed by atoms with E-state index in [-0.39, 0.29) is 11.7 Å². The molecule has 0 amide bonds. The van der Waals surface area contributed by atoms with Gasteiger partial charge >= 0.3 is 5.97 Å². The van der Waals surface area contributed by atoms with E-state index < -0.39 is 23.7 Å². The van der Waals surface area contributed by atoms with Crippen molar-refractivity contribution < 1.29 is 33.4 Å². The standard InChI is InChI=1S/C13H19NO5.C8H9ClO2/c1-8-5-6-9(18-8)7-10(11(15)16)14-12(17)19-13(2,3)4;1-6-2-3-7(11-6)4-5-8(9)10/h5-6,10H,7H2,1-4H3,(H,14,17)(H,15,16);2-3H,4-5H2,1H3/p-1/t10-;/m0./s1. The molecule has 0 aliphatic rings. The van der Waals surface area contributed by atoms with Gasteiger partial charge in [-0.2, -0.15) is 0 Å². The smallest absolute Gasteiger partial charge is 0.328 e. The van der Waals surface area contributed by atoms with Crippen LogP contribution in [0.2, 0.25) is 0 Å². The molecule has 8 nitrogen and oxygen atoms in total. The topological polar surface area (TPSA) is 125 Å². The fourth-order valence-electron chi connectivity index (χ4n) is 2.23. The molecule has 2 aromatic rings. The summed E-state index contributed by atoms with van der Waals surface area (Å²) < 4.78 is 15.5. The summed E-state index contributed by atoms with van der Waals surface area (Å²) >= 11 is 5.15. The summed E-state index contributed by atoms with van der Waals surface area (Å²) in [7, 11) is 0. The molecule has 0 saturated heterocycles. The van der Waals surface area contributed by atoms with Crippen LogP contribution >= 0.6 is 11.6 Å². The van der Waals surface area contributed by atoms with E-state index in [1.807, 2.05) is 19.1 Å². The van der Waals surface area contributed by atoms with Gasteiger partial charge < -0.3 is 23.8 Å². The zero-order valence-electron chi connectivity index (χ0n) is 17.7. The number of carboxylic acid groups (broad SMARTS) is 1. The largest absolute Gasteiger partial charge is 0.595 e. The first-order valence-corrected chi connectivity index (χ1v) is 9.69. The first kappa shape index (κ1) is 25.3. The van der Waals surface area contributed by atoms with Crippen LogP contribution in [0.25, 0.3) is 0 Å². The van der Waals surface area contributed by atoms with Crippen molar-refractivity contribution in [3.63, 3.8) is 0 Å². The molecule has 9 heteroatoms. The predicted octanol–water partition coefficient (Wildman–Crippen LogP) is 3.40. The first-order valence-electron chi connectivity index (χ1n) is 9.31. The number of hydrogen-bond acceptors (Lipinski definition) is 7. The molecule has 2 aromatic heterocycles. The van der Waals surface area contributed by atoms with Gasteiger partial charge in [0.05, 0.1) is 0 Å². The van der Waals surface area contributed by atoms with Crippen molar-refractivity contribution in [1.82, 2.24) is 0 Å². The second-order valence-corrected chi connectivity index (χ2v) is 7.97. The third-order valence-corrected chi connectivity index (χ3v) is 3.68. The summed E-state index contributed by atoms with van der Waals surface area (Å²) in [5, 5.41) is 20.2. The predicted molar refractivity (Wildman–Crippen MR) is 109 cm³/mol. The average Bonchev–Trinajstić information content (AvgIpc) is 3.19. The maximum atomic E-state index is 11.5. The number of aliphatic carboxylic acids is 1. The number of rotatable bonds is 7. The van der Waals surface area contributed by atoms with Gasteiger partial charge in [0.15, 0.2) is 6.04 Å². The van der Waals surface area contributed by atoms with Gasteiger partial charge in [-0.3, -0.25) is 9.79 Å². The lowest BCUT2D eigenvalue weighted by molar-refractivity contribution is -0.261. The molecule has 2 rings (SSSR count). The maximum Gasteiger partial charge on any atom is 0.328 e. The molecule has 0 aliphatic carbocycles. The molecule has 1 N–H and O–H groups in total. The lowest BCUT2D eigenvalue weighted by Gasteiger charge is -2.29. The number of aryl methyl sites for hydroxylation is 3. The van der Waals surface area contributed by atoms with E-state index in [9.17, 15) is 14.7 Å². The Morgan fingerprint density at radius 2 is 1.67 bits per heavy atom. The van der Waals surface area contributed by atoms with Gasteiger partial charge in [0.1, 0.15) is 29.1 Å². The fourth-order valence-corrected chi connectivity index (χ4v) is 2.32. The van der Waals surface area contributed by atoms with Crippen molar-refractivity contribution in [3.8, 4) is 0 Å². The minimum absolute atomic E-state index is 0.0163. The molecule has 0 radical (unpaired) electrons. The number of aliphatic imine (C=N–C) groups is 1. The van der Waals surface area contributed by atoms with Gasteiger partial charge in [0.2, 0.25) is 5.24 Å². The van der Waals surface area contributed by atoms with Crippen LogP contribution in [0, 0.1) is 13.8 Å². The molecule has 0 spiro atoms. The van der Waals surface area contributed by atoms with E-state index >= 15 is 0 Å². The average molecular weight is 441 g/mol. The number of furan rings is 2.